The minimum absolute atomic E-state index is 0.205. The van der Waals surface area contributed by atoms with Gasteiger partial charge in [-0.2, -0.15) is 0 Å². The van der Waals surface area contributed by atoms with Crippen molar-refractivity contribution < 1.29 is 13.6 Å². The van der Waals surface area contributed by atoms with E-state index in [0.717, 1.165) is 22.2 Å². The van der Waals surface area contributed by atoms with Crippen LogP contribution in [-0.2, 0) is 13.1 Å². The average molecular weight is 388 g/mol. The van der Waals surface area contributed by atoms with Gasteiger partial charge in [0.15, 0.2) is 5.58 Å². The first-order valence-corrected chi connectivity index (χ1v) is 9.44. The Balaban J connectivity index is 1.64. The Morgan fingerprint density at radius 3 is 2.34 bits per heavy atom. The molecule has 4 nitrogen and oxygen atoms in total. The Labute approximate surface area is 168 Å². The molecule has 0 aliphatic carbocycles. The molecule has 0 bridgehead atoms. The lowest BCUT2D eigenvalue weighted by Crippen LogP contribution is -2.30. The molecule has 0 radical (unpaired) electrons. The van der Waals surface area contributed by atoms with Crippen molar-refractivity contribution in [1.82, 2.24) is 9.88 Å². The van der Waals surface area contributed by atoms with E-state index >= 15 is 0 Å². The Morgan fingerprint density at radius 1 is 0.931 bits per heavy atom. The monoisotopic (exact) mass is 388 g/mol. The molecular weight excluding hydrogens is 367 g/mol. The van der Waals surface area contributed by atoms with E-state index in [4.69, 9.17) is 4.42 Å². The third-order valence-electron chi connectivity index (χ3n) is 4.79. The molecule has 146 valence electrons. The molecule has 29 heavy (non-hydrogen) atoms. The SMILES string of the molecule is Cc1ccc(CN(Cc2nc3cc(C)ccc3o2)C(=O)c2ccc(F)cc2)cc1. The van der Waals surface area contributed by atoms with Crippen molar-refractivity contribution in [3.63, 3.8) is 0 Å². The second kappa shape index (κ2) is 7.87. The number of carbonyl (C=O) groups is 1. The van der Waals surface area contributed by atoms with Crippen LogP contribution in [0.4, 0.5) is 4.39 Å². The van der Waals surface area contributed by atoms with Crippen LogP contribution in [0.3, 0.4) is 0 Å². The molecule has 0 saturated heterocycles. The number of rotatable bonds is 5. The highest BCUT2D eigenvalue weighted by Crippen LogP contribution is 2.20. The molecule has 1 amide bonds. The number of carbonyl (C=O) groups excluding carboxylic acids is 1. The summed E-state index contributed by atoms with van der Waals surface area (Å²) in [5.41, 5.74) is 5.12. The van der Waals surface area contributed by atoms with E-state index in [9.17, 15) is 9.18 Å². The topological polar surface area (TPSA) is 46.3 Å². The molecule has 0 unspecified atom stereocenters. The number of amides is 1. The van der Waals surface area contributed by atoms with Gasteiger partial charge in [-0.15, -0.1) is 0 Å². The highest BCUT2D eigenvalue weighted by molar-refractivity contribution is 5.94. The standard InChI is InChI=1S/C24H21FN2O2/c1-16-3-6-18(7-4-16)14-27(24(28)19-8-10-20(25)11-9-19)15-23-26-21-13-17(2)5-12-22(21)29-23/h3-13H,14-15H2,1-2H3. The second-order valence-electron chi connectivity index (χ2n) is 7.23. The van der Waals surface area contributed by atoms with Gasteiger partial charge >= 0.3 is 0 Å². The Bertz CT molecular complexity index is 1150. The van der Waals surface area contributed by atoms with Crippen LogP contribution in [0, 0.1) is 19.7 Å². The van der Waals surface area contributed by atoms with Crippen molar-refractivity contribution in [3.05, 3.63) is 101 Å². The van der Waals surface area contributed by atoms with E-state index in [1.165, 1.54) is 24.3 Å². The quantitative estimate of drug-likeness (QED) is 0.458. The van der Waals surface area contributed by atoms with Gasteiger partial charge in [0.2, 0.25) is 5.89 Å². The number of hydrogen-bond donors (Lipinski definition) is 0. The minimum atomic E-state index is -0.374. The lowest BCUT2D eigenvalue weighted by Gasteiger charge is -2.21. The number of fused-ring (bicyclic) bond motifs is 1. The largest absolute Gasteiger partial charge is 0.439 e. The van der Waals surface area contributed by atoms with Gasteiger partial charge in [0.05, 0.1) is 6.54 Å². The van der Waals surface area contributed by atoms with Crippen LogP contribution in [0.1, 0.15) is 32.9 Å². The number of aryl methyl sites for hydroxylation is 2. The van der Waals surface area contributed by atoms with Crippen LogP contribution in [0.25, 0.3) is 11.1 Å². The number of benzene rings is 3. The van der Waals surface area contributed by atoms with Crippen molar-refractivity contribution in [2.75, 3.05) is 0 Å². The van der Waals surface area contributed by atoms with Crippen LogP contribution in [-0.4, -0.2) is 15.8 Å². The molecule has 0 fully saturated rings. The average Bonchev–Trinajstić information content (AvgIpc) is 3.10. The Hall–Kier alpha value is -3.47. The molecule has 1 aromatic heterocycles. The summed E-state index contributed by atoms with van der Waals surface area (Å²) in [7, 11) is 0. The zero-order valence-corrected chi connectivity index (χ0v) is 16.4. The van der Waals surface area contributed by atoms with Crippen molar-refractivity contribution in [3.8, 4) is 0 Å². The highest BCUT2D eigenvalue weighted by Gasteiger charge is 2.19. The number of aromatic nitrogens is 1. The maximum atomic E-state index is 13.3. The normalized spacial score (nSPS) is 11.0. The van der Waals surface area contributed by atoms with Crippen molar-refractivity contribution in [1.29, 1.82) is 0 Å². The number of hydrogen-bond acceptors (Lipinski definition) is 3. The molecule has 4 rings (SSSR count). The predicted octanol–water partition coefficient (Wildman–Crippen LogP) is 5.43. The second-order valence-corrected chi connectivity index (χ2v) is 7.23. The van der Waals surface area contributed by atoms with Crippen molar-refractivity contribution in [2.45, 2.75) is 26.9 Å². The van der Waals surface area contributed by atoms with E-state index in [2.05, 4.69) is 4.98 Å². The first kappa shape index (κ1) is 18.9. The van der Waals surface area contributed by atoms with Crippen LogP contribution >= 0.6 is 0 Å². The fourth-order valence-electron chi connectivity index (χ4n) is 3.20. The van der Waals surface area contributed by atoms with Gasteiger partial charge < -0.3 is 9.32 Å². The maximum Gasteiger partial charge on any atom is 0.254 e. The summed E-state index contributed by atoms with van der Waals surface area (Å²) in [6.45, 7) is 4.63. The van der Waals surface area contributed by atoms with Gasteiger partial charge in [-0.05, 0) is 61.4 Å². The summed E-state index contributed by atoms with van der Waals surface area (Å²) in [6.07, 6.45) is 0. The van der Waals surface area contributed by atoms with Gasteiger partial charge in [0.1, 0.15) is 11.3 Å². The first-order chi connectivity index (χ1) is 14.0. The van der Waals surface area contributed by atoms with E-state index < -0.39 is 0 Å². The molecule has 0 saturated carbocycles. The smallest absolute Gasteiger partial charge is 0.254 e. The summed E-state index contributed by atoms with van der Waals surface area (Å²) in [5.74, 6) is -0.113. The van der Waals surface area contributed by atoms with Crippen LogP contribution < -0.4 is 0 Å². The molecule has 5 heteroatoms. The van der Waals surface area contributed by atoms with Crippen LogP contribution in [0.2, 0.25) is 0 Å². The number of nitrogens with zero attached hydrogens (tertiary/aromatic N) is 2. The summed E-state index contributed by atoms with van der Waals surface area (Å²) in [5, 5.41) is 0. The molecule has 0 aliphatic rings. The van der Waals surface area contributed by atoms with E-state index in [0.29, 0.717) is 23.6 Å². The summed E-state index contributed by atoms with van der Waals surface area (Å²) in [6, 6.07) is 19.4. The van der Waals surface area contributed by atoms with Gasteiger partial charge in [-0.1, -0.05) is 35.9 Å². The molecule has 4 aromatic rings. The third-order valence-corrected chi connectivity index (χ3v) is 4.79. The lowest BCUT2D eigenvalue weighted by atomic mass is 10.1. The summed E-state index contributed by atoms with van der Waals surface area (Å²) >= 11 is 0. The van der Waals surface area contributed by atoms with Gasteiger partial charge in [0.25, 0.3) is 5.91 Å². The van der Waals surface area contributed by atoms with E-state index in [-0.39, 0.29) is 18.3 Å². The molecular formula is C24H21FN2O2. The molecule has 0 spiro atoms. The summed E-state index contributed by atoms with van der Waals surface area (Å²) in [4.78, 5) is 19.3. The predicted molar refractivity (Wildman–Crippen MR) is 110 cm³/mol. The van der Waals surface area contributed by atoms with E-state index in [1.54, 1.807) is 4.90 Å². The molecule has 1 heterocycles. The maximum absolute atomic E-state index is 13.3. The fraction of sp³-hybridized carbons (Fsp3) is 0.167. The van der Waals surface area contributed by atoms with Crippen molar-refractivity contribution >= 4 is 17.0 Å². The first-order valence-electron chi connectivity index (χ1n) is 9.44. The minimum Gasteiger partial charge on any atom is -0.439 e. The Kier molecular flexibility index (Phi) is 5.12. The van der Waals surface area contributed by atoms with Crippen molar-refractivity contribution in [2.24, 2.45) is 0 Å². The number of halogens is 1. The Morgan fingerprint density at radius 2 is 1.62 bits per heavy atom. The zero-order chi connectivity index (χ0) is 20.4. The lowest BCUT2D eigenvalue weighted by molar-refractivity contribution is 0.0715. The van der Waals surface area contributed by atoms with Gasteiger partial charge in [-0.25, -0.2) is 9.37 Å². The van der Waals surface area contributed by atoms with Gasteiger partial charge in [0, 0.05) is 12.1 Å². The molecule has 3 aromatic carbocycles. The number of oxazole rings is 1. The molecule has 0 aliphatic heterocycles. The third kappa shape index (κ3) is 4.35. The van der Waals surface area contributed by atoms with Crippen LogP contribution in [0.5, 0.6) is 0 Å². The fourth-order valence-corrected chi connectivity index (χ4v) is 3.20. The zero-order valence-electron chi connectivity index (χ0n) is 16.4. The van der Waals surface area contributed by atoms with Gasteiger partial charge in [-0.3, -0.25) is 4.79 Å². The van der Waals surface area contributed by atoms with E-state index in [1.807, 2.05) is 56.3 Å². The summed E-state index contributed by atoms with van der Waals surface area (Å²) < 4.78 is 19.1. The molecule has 0 N–H and O–H groups in total. The van der Waals surface area contributed by atoms with Crippen LogP contribution in [0.15, 0.2) is 71.1 Å². The molecule has 0 atom stereocenters. The highest BCUT2D eigenvalue weighted by atomic mass is 19.1.